The highest BCUT2D eigenvalue weighted by Gasteiger charge is 2.22. The number of carbonyl (C=O) groups is 1. The Morgan fingerprint density at radius 3 is 2.57 bits per heavy atom. The Bertz CT molecular complexity index is 534. The summed E-state index contributed by atoms with van der Waals surface area (Å²) in [6.45, 7) is 5.28. The molecule has 0 fully saturated rings. The monoisotopic (exact) mass is 322 g/mol. The van der Waals surface area contributed by atoms with Crippen molar-refractivity contribution in [3.63, 3.8) is 0 Å². The maximum absolute atomic E-state index is 12.2. The van der Waals surface area contributed by atoms with E-state index in [-0.39, 0.29) is 6.03 Å². The van der Waals surface area contributed by atoms with Crippen molar-refractivity contribution in [3.05, 3.63) is 23.3 Å². The first kappa shape index (κ1) is 17.4. The fourth-order valence-electron chi connectivity index (χ4n) is 2.68. The predicted molar refractivity (Wildman–Crippen MR) is 88.2 cm³/mol. The molecular formula is C17H26N2O4. The first-order chi connectivity index (χ1) is 11.2. The van der Waals surface area contributed by atoms with E-state index in [9.17, 15) is 4.79 Å². The summed E-state index contributed by atoms with van der Waals surface area (Å²) in [7, 11) is 3.25. The van der Waals surface area contributed by atoms with Crippen LogP contribution in [0.3, 0.4) is 0 Å². The molecule has 0 saturated heterocycles. The summed E-state index contributed by atoms with van der Waals surface area (Å²) < 4.78 is 15.9. The lowest BCUT2D eigenvalue weighted by Gasteiger charge is -2.29. The van der Waals surface area contributed by atoms with Crippen molar-refractivity contribution in [3.8, 4) is 11.5 Å². The highest BCUT2D eigenvalue weighted by molar-refractivity contribution is 5.74. The zero-order chi connectivity index (χ0) is 16.7. The lowest BCUT2D eigenvalue weighted by Crippen LogP contribution is -2.43. The van der Waals surface area contributed by atoms with E-state index < -0.39 is 0 Å². The van der Waals surface area contributed by atoms with Gasteiger partial charge in [0.2, 0.25) is 0 Å². The Morgan fingerprint density at radius 1 is 1.22 bits per heavy atom. The second-order valence-corrected chi connectivity index (χ2v) is 5.43. The van der Waals surface area contributed by atoms with Crippen LogP contribution in [0, 0.1) is 0 Å². The van der Waals surface area contributed by atoms with Gasteiger partial charge >= 0.3 is 6.03 Å². The van der Waals surface area contributed by atoms with Crippen molar-refractivity contribution in [2.75, 3.05) is 40.5 Å². The van der Waals surface area contributed by atoms with E-state index in [0.717, 1.165) is 24.2 Å². The smallest absolute Gasteiger partial charge is 0.317 e. The van der Waals surface area contributed by atoms with Crippen molar-refractivity contribution in [2.24, 2.45) is 0 Å². The maximum atomic E-state index is 12.2. The first-order valence-electron chi connectivity index (χ1n) is 8.03. The number of benzene rings is 1. The van der Waals surface area contributed by atoms with Gasteiger partial charge < -0.3 is 24.4 Å². The number of nitrogens with zero attached hydrogens (tertiary/aromatic N) is 1. The minimum Gasteiger partial charge on any atom is -0.493 e. The van der Waals surface area contributed by atoms with E-state index in [1.165, 1.54) is 5.56 Å². The van der Waals surface area contributed by atoms with Crippen LogP contribution in [0.5, 0.6) is 11.5 Å². The predicted octanol–water partition coefficient (Wildman–Crippen LogP) is 2.20. The van der Waals surface area contributed by atoms with Gasteiger partial charge in [0.15, 0.2) is 11.5 Å². The molecule has 23 heavy (non-hydrogen) atoms. The van der Waals surface area contributed by atoms with Crippen LogP contribution in [0.15, 0.2) is 12.1 Å². The molecule has 1 aliphatic heterocycles. The van der Waals surface area contributed by atoms with Crippen LogP contribution in [-0.4, -0.2) is 51.5 Å². The van der Waals surface area contributed by atoms with Crippen molar-refractivity contribution in [2.45, 2.75) is 26.3 Å². The van der Waals surface area contributed by atoms with Gasteiger partial charge in [0, 0.05) is 32.8 Å². The molecule has 1 aromatic rings. The third-order valence-electron chi connectivity index (χ3n) is 3.95. The van der Waals surface area contributed by atoms with Gasteiger partial charge in [0.1, 0.15) is 0 Å². The molecule has 0 aliphatic carbocycles. The number of urea groups is 1. The Morgan fingerprint density at radius 2 is 1.91 bits per heavy atom. The summed E-state index contributed by atoms with van der Waals surface area (Å²) in [6.07, 6.45) is 1.65. The van der Waals surface area contributed by atoms with Gasteiger partial charge in [-0.2, -0.15) is 0 Å². The highest BCUT2D eigenvalue weighted by Crippen LogP contribution is 2.33. The van der Waals surface area contributed by atoms with E-state index >= 15 is 0 Å². The van der Waals surface area contributed by atoms with Gasteiger partial charge in [-0.05, 0) is 43.0 Å². The van der Waals surface area contributed by atoms with Crippen molar-refractivity contribution in [1.29, 1.82) is 0 Å². The molecule has 0 atom stereocenters. The summed E-state index contributed by atoms with van der Waals surface area (Å²) in [5.41, 5.74) is 2.32. The molecular weight excluding hydrogens is 296 g/mol. The van der Waals surface area contributed by atoms with Crippen molar-refractivity contribution < 1.29 is 19.0 Å². The van der Waals surface area contributed by atoms with Gasteiger partial charge in [0.25, 0.3) is 0 Å². The molecule has 0 aromatic heterocycles. The molecule has 0 spiro atoms. The third kappa shape index (κ3) is 4.51. The summed E-state index contributed by atoms with van der Waals surface area (Å²) >= 11 is 0. The van der Waals surface area contributed by atoms with E-state index in [1.54, 1.807) is 14.2 Å². The van der Waals surface area contributed by atoms with Crippen molar-refractivity contribution >= 4 is 6.03 Å². The zero-order valence-corrected chi connectivity index (χ0v) is 14.2. The molecule has 1 heterocycles. The molecule has 128 valence electrons. The highest BCUT2D eigenvalue weighted by atomic mass is 16.5. The second-order valence-electron chi connectivity index (χ2n) is 5.43. The largest absolute Gasteiger partial charge is 0.493 e. The minimum absolute atomic E-state index is 0.0260. The first-order valence-corrected chi connectivity index (χ1v) is 8.03. The molecule has 0 radical (unpaired) electrons. The van der Waals surface area contributed by atoms with Crippen LogP contribution < -0.4 is 14.8 Å². The fraction of sp³-hybridized carbons (Fsp3) is 0.588. The van der Waals surface area contributed by atoms with Gasteiger partial charge in [-0.15, -0.1) is 0 Å². The Kier molecular flexibility index (Phi) is 6.52. The van der Waals surface area contributed by atoms with E-state index in [1.807, 2.05) is 24.0 Å². The quantitative estimate of drug-likeness (QED) is 0.782. The molecule has 0 unspecified atom stereocenters. The molecule has 1 aromatic carbocycles. The molecule has 1 N–H and O–H groups in total. The van der Waals surface area contributed by atoms with Crippen LogP contribution >= 0.6 is 0 Å². The third-order valence-corrected chi connectivity index (χ3v) is 3.95. The molecule has 0 bridgehead atoms. The number of methoxy groups -OCH3 is 2. The summed E-state index contributed by atoms with van der Waals surface area (Å²) in [5, 5.41) is 2.94. The van der Waals surface area contributed by atoms with Gasteiger partial charge in [-0.3, -0.25) is 0 Å². The Balaban J connectivity index is 1.93. The number of nitrogens with one attached hydrogen (secondary N) is 1. The van der Waals surface area contributed by atoms with Crippen LogP contribution in [0.4, 0.5) is 4.79 Å². The topological polar surface area (TPSA) is 60.0 Å². The van der Waals surface area contributed by atoms with Crippen LogP contribution in [0.1, 0.15) is 24.5 Å². The number of hydrogen-bond acceptors (Lipinski definition) is 4. The second kappa shape index (κ2) is 8.62. The molecule has 6 nitrogen and oxygen atoms in total. The van der Waals surface area contributed by atoms with Gasteiger partial charge in [0.05, 0.1) is 14.2 Å². The SMILES string of the molecule is CCOCCCNC(=O)N1CCc2cc(OC)c(OC)cc2C1. The zero-order valence-electron chi connectivity index (χ0n) is 14.2. The average Bonchev–Trinajstić information content (AvgIpc) is 2.59. The van der Waals surface area contributed by atoms with Crippen LogP contribution in [0.2, 0.25) is 0 Å². The molecule has 6 heteroatoms. The molecule has 1 aliphatic rings. The number of rotatable bonds is 7. The molecule has 2 rings (SSSR count). The minimum atomic E-state index is -0.0260. The average molecular weight is 322 g/mol. The standard InChI is InChI=1S/C17H26N2O4/c1-4-23-9-5-7-18-17(20)19-8-6-13-10-15(21-2)16(22-3)11-14(13)12-19/h10-11H,4-9,12H2,1-3H3,(H,18,20). The van der Waals surface area contributed by atoms with Crippen molar-refractivity contribution in [1.82, 2.24) is 10.2 Å². The Hall–Kier alpha value is -1.95. The number of ether oxygens (including phenoxy) is 3. The normalized spacial score (nSPS) is 13.4. The van der Waals surface area contributed by atoms with Gasteiger partial charge in [-0.25, -0.2) is 4.79 Å². The number of carbonyl (C=O) groups excluding carboxylic acids is 1. The van der Waals surface area contributed by atoms with Crippen LogP contribution in [-0.2, 0) is 17.7 Å². The van der Waals surface area contributed by atoms with Gasteiger partial charge in [-0.1, -0.05) is 0 Å². The Labute approximate surface area is 137 Å². The number of hydrogen-bond donors (Lipinski definition) is 1. The summed E-state index contributed by atoms with van der Waals surface area (Å²) in [5.74, 6) is 1.44. The fourth-order valence-corrected chi connectivity index (χ4v) is 2.68. The lowest BCUT2D eigenvalue weighted by molar-refractivity contribution is 0.143. The number of fused-ring (bicyclic) bond motifs is 1. The number of amides is 2. The van der Waals surface area contributed by atoms with E-state index in [2.05, 4.69) is 5.32 Å². The maximum Gasteiger partial charge on any atom is 0.317 e. The van der Waals surface area contributed by atoms with E-state index in [4.69, 9.17) is 14.2 Å². The van der Waals surface area contributed by atoms with Crippen LogP contribution in [0.25, 0.3) is 0 Å². The lowest BCUT2D eigenvalue weighted by atomic mass is 9.99. The van der Waals surface area contributed by atoms with E-state index in [0.29, 0.717) is 38.6 Å². The molecule has 0 saturated carbocycles. The summed E-state index contributed by atoms with van der Waals surface area (Å²) in [6, 6.07) is 3.94. The summed E-state index contributed by atoms with van der Waals surface area (Å²) in [4.78, 5) is 14.1. The molecule has 2 amide bonds.